The number of rotatable bonds is 8. The van der Waals surface area contributed by atoms with E-state index >= 15 is 0 Å². The fourth-order valence-electron chi connectivity index (χ4n) is 2.94. The van der Waals surface area contributed by atoms with Gasteiger partial charge in [0.15, 0.2) is 0 Å². The topological polar surface area (TPSA) is 3.24 Å². The smallest absolute Gasteiger partial charge is 0.147 e. The summed E-state index contributed by atoms with van der Waals surface area (Å²) in [6, 6.07) is 0. The van der Waals surface area contributed by atoms with Crippen LogP contribution in [-0.2, 0) is 20.9 Å². The van der Waals surface area contributed by atoms with Gasteiger partial charge in [-0.05, 0) is 0 Å². The molecule has 0 saturated heterocycles. The first-order valence-corrected chi connectivity index (χ1v) is 16.3. The van der Waals surface area contributed by atoms with Crippen LogP contribution in [0.1, 0.15) is 12.8 Å². The molecule has 1 nitrogen and oxygen atoms in total. The molecule has 5 heteroatoms. The van der Waals surface area contributed by atoms with Gasteiger partial charge in [0.05, 0.1) is 0 Å². The van der Waals surface area contributed by atoms with Gasteiger partial charge in [-0.2, -0.15) is 0 Å². The predicted molar refractivity (Wildman–Crippen MR) is 103 cm³/mol. The van der Waals surface area contributed by atoms with E-state index in [0.29, 0.717) is 0 Å². The summed E-state index contributed by atoms with van der Waals surface area (Å²) in [7, 11) is 0. The van der Waals surface area contributed by atoms with Gasteiger partial charge in [0.25, 0.3) is 0 Å². The monoisotopic (exact) mass is 432 g/mol. The van der Waals surface area contributed by atoms with Crippen molar-refractivity contribution in [3.63, 3.8) is 0 Å². The van der Waals surface area contributed by atoms with E-state index < -0.39 is 27.0 Å². The summed E-state index contributed by atoms with van der Waals surface area (Å²) >= 11 is -1.66. The number of halogens is 2. The maximum atomic E-state index is 3.93. The zero-order valence-electron chi connectivity index (χ0n) is 13.2. The van der Waals surface area contributed by atoms with Crippen LogP contribution in [-0.4, -0.2) is 23.7 Å². The molecule has 1 atom stereocenters. The Hall–Kier alpha value is 0.0800. The minimum Gasteiger partial charge on any atom is -0.147 e. The maximum absolute atomic E-state index is 3.93. The molecule has 22 heavy (non-hydrogen) atoms. The fourth-order valence-corrected chi connectivity index (χ4v) is 24.0. The van der Waals surface area contributed by atoms with Crippen LogP contribution in [0.3, 0.4) is 0 Å². The molecule has 1 unspecified atom stereocenters. The first-order chi connectivity index (χ1) is 9.77. The molecule has 2 aliphatic carbocycles. The Labute approximate surface area is 156 Å². The molecule has 0 aromatic carbocycles. The molecule has 0 N–H and O–H groups in total. The number of hydrogen-bond acceptors (Lipinski definition) is 1. The molecule has 2 aliphatic rings. The largest absolute Gasteiger partial charge is 0.147 e. The first kappa shape index (κ1) is 22.1. The van der Waals surface area contributed by atoms with Gasteiger partial charge in [-0.15, -0.1) is 24.8 Å². The molecule has 0 aliphatic heterocycles. The molecule has 0 heterocycles. The van der Waals surface area contributed by atoms with Crippen molar-refractivity contribution in [2.24, 2.45) is 0 Å². The minimum atomic E-state index is -1.66. The van der Waals surface area contributed by atoms with Crippen LogP contribution in [0.15, 0.2) is 68.3 Å². The van der Waals surface area contributed by atoms with Crippen molar-refractivity contribution in [1.82, 2.24) is 4.57 Å². The normalized spacial score (nSPS) is 16.5. The van der Waals surface area contributed by atoms with Gasteiger partial charge in [0, 0.05) is 0 Å². The van der Waals surface area contributed by atoms with E-state index in [1.165, 1.54) is 12.8 Å². The summed E-state index contributed by atoms with van der Waals surface area (Å²) in [5.74, 6) is 0. The predicted octanol–water partition coefficient (Wildman–Crippen LogP) is 4.66. The van der Waals surface area contributed by atoms with Crippen molar-refractivity contribution in [1.29, 1.82) is 0 Å². The van der Waals surface area contributed by atoms with Crippen LogP contribution in [0.2, 0.25) is 6.55 Å². The van der Waals surface area contributed by atoms with Crippen LogP contribution in [0.5, 0.6) is 0 Å². The third-order valence-corrected chi connectivity index (χ3v) is 24.7. The second-order valence-electron chi connectivity index (χ2n) is 5.27. The Bertz CT molecular complexity index is 457. The van der Waals surface area contributed by atoms with Gasteiger partial charge in [0.2, 0.25) is 0 Å². The van der Waals surface area contributed by atoms with Crippen LogP contribution in [0.4, 0.5) is 0 Å². The van der Waals surface area contributed by atoms with E-state index in [-0.39, 0.29) is 24.8 Å². The van der Waals surface area contributed by atoms with E-state index in [9.17, 15) is 0 Å². The van der Waals surface area contributed by atoms with E-state index in [2.05, 4.69) is 72.9 Å². The van der Waals surface area contributed by atoms with Gasteiger partial charge in [-0.25, -0.2) is 0 Å². The average molecular weight is 435 g/mol. The summed E-state index contributed by atoms with van der Waals surface area (Å²) in [6.45, 7) is 12.5. The van der Waals surface area contributed by atoms with Gasteiger partial charge in [-0.3, -0.25) is 0 Å². The zero-order chi connectivity index (χ0) is 14.4. The summed E-state index contributed by atoms with van der Waals surface area (Å²) in [6.07, 6.45) is 19.6. The fraction of sp³-hybridized carbons (Fsp3) is 0.294. The van der Waals surface area contributed by atoms with Crippen molar-refractivity contribution in [3.8, 4) is 0 Å². The summed E-state index contributed by atoms with van der Waals surface area (Å²) < 4.78 is 6.26. The van der Waals surface area contributed by atoms with Gasteiger partial charge in [0.1, 0.15) is 0 Å². The Morgan fingerprint density at radius 2 is 1.50 bits per heavy atom. The Morgan fingerprint density at radius 1 is 1.05 bits per heavy atom. The van der Waals surface area contributed by atoms with Gasteiger partial charge in [-0.1, -0.05) is 0 Å². The first-order valence-electron chi connectivity index (χ1n) is 7.32. The minimum absolute atomic E-state index is 0. The van der Waals surface area contributed by atoms with E-state index in [1.807, 2.05) is 0 Å². The van der Waals surface area contributed by atoms with Gasteiger partial charge >= 0.3 is 132 Å². The molecule has 0 amide bonds. The molecule has 0 aromatic rings. The quantitative estimate of drug-likeness (QED) is 0.397. The molecule has 121 valence electrons. The number of hydrogen-bond donors (Lipinski definition) is 0. The molecule has 0 fully saturated rings. The van der Waals surface area contributed by atoms with Crippen LogP contribution >= 0.6 is 24.8 Å². The molecular weight excluding hydrogens is 408 g/mol. The van der Waals surface area contributed by atoms with E-state index in [1.54, 1.807) is 6.56 Å². The third kappa shape index (κ3) is 5.62. The third-order valence-electron chi connectivity index (χ3n) is 3.93. The molecule has 2 rings (SSSR count). The summed E-state index contributed by atoms with van der Waals surface area (Å²) in [5, 5.41) is 0. The second kappa shape index (κ2) is 11.6. The van der Waals surface area contributed by atoms with E-state index in [4.69, 9.17) is 0 Å². The molecule has 0 radical (unpaired) electrons. The standard InChI is InChI=1S/C7H14NSi.2C5H5.2ClH.Zr/c1-4-6-8(9-3)7-5-2;2*1-2-4-5-3-1;;;/h4-5,9H,1-2,6-7H2,3H3;2*1-3H,4H2;2*1H;. The zero-order valence-corrected chi connectivity index (χ0v) is 18.4. The summed E-state index contributed by atoms with van der Waals surface area (Å²) in [5.41, 5.74) is 0. The van der Waals surface area contributed by atoms with Crippen molar-refractivity contribution in [3.05, 3.63) is 68.3 Å². The van der Waals surface area contributed by atoms with Crippen LogP contribution in [0.25, 0.3) is 0 Å². The maximum Gasteiger partial charge on any atom is -0.147 e. The Balaban J connectivity index is 0.00000220. The molecule has 0 saturated carbocycles. The number of allylic oxidation sites excluding steroid dienone is 8. The average Bonchev–Trinajstić information content (AvgIpc) is 3.12. The molecule has 0 spiro atoms. The Morgan fingerprint density at radius 3 is 1.82 bits per heavy atom. The Kier molecular flexibility index (Phi) is 11.6. The number of nitrogens with zero attached hydrogens (tertiary/aromatic N) is 1. The summed E-state index contributed by atoms with van der Waals surface area (Å²) in [4.78, 5) is 0. The molecule has 0 bridgehead atoms. The van der Waals surface area contributed by atoms with Crippen LogP contribution in [0, 0.1) is 0 Å². The van der Waals surface area contributed by atoms with Crippen molar-refractivity contribution < 1.29 is 20.9 Å². The molecule has 0 aromatic heterocycles. The van der Waals surface area contributed by atoms with Crippen molar-refractivity contribution in [2.45, 2.75) is 19.4 Å². The SMILES string of the molecule is C=CCN(CC=C)[SiH](C)[Zr]([C]1=CC=CC1)[C]1=CC=CC1.Cl.Cl. The van der Waals surface area contributed by atoms with E-state index in [0.717, 1.165) is 13.1 Å². The van der Waals surface area contributed by atoms with Gasteiger partial charge < -0.3 is 0 Å². The van der Waals surface area contributed by atoms with Crippen molar-refractivity contribution >= 4 is 30.9 Å². The molecular formula is C17H26Cl2NSiZr. The van der Waals surface area contributed by atoms with Crippen molar-refractivity contribution in [2.75, 3.05) is 13.1 Å². The van der Waals surface area contributed by atoms with Crippen LogP contribution < -0.4 is 0 Å². The second-order valence-corrected chi connectivity index (χ2v) is 22.1.